The molecule has 0 atom stereocenters. The van der Waals surface area contributed by atoms with Crippen LogP contribution in [0.5, 0.6) is 0 Å². The third-order valence-corrected chi connectivity index (χ3v) is 5.84. The first-order chi connectivity index (χ1) is 14.1. The number of hydrogen-bond donors (Lipinski definition) is 2. The quantitative estimate of drug-likeness (QED) is 0.829. The Balaban J connectivity index is 1.45. The van der Waals surface area contributed by atoms with Crippen molar-refractivity contribution in [3.8, 4) is 0 Å². The summed E-state index contributed by atoms with van der Waals surface area (Å²) >= 11 is 0. The zero-order valence-corrected chi connectivity index (χ0v) is 16.5. The van der Waals surface area contributed by atoms with E-state index < -0.39 is 0 Å². The van der Waals surface area contributed by atoms with E-state index in [0.717, 1.165) is 36.9 Å². The topological polar surface area (TPSA) is 96.5 Å². The van der Waals surface area contributed by atoms with Crippen molar-refractivity contribution in [2.45, 2.75) is 31.1 Å². The molecule has 1 aliphatic carbocycles. The number of fused-ring (bicyclic) bond motifs is 2. The summed E-state index contributed by atoms with van der Waals surface area (Å²) in [5.74, 6) is 0.333. The summed E-state index contributed by atoms with van der Waals surface area (Å²) in [6, 6.07) is 8.86. The number of para-hydroxylation sites is 1. The van der Waals surface area contributed by atoms with Gasteiger partial charge < -0.3 is 15.0 Å². The van der Waals surface area contributed by atoms with Gasteiger partial charge in [0, 0.05) is 37.5 Å². The van der Waals surface area contributed by atoms with Crippen molar-refractivity contribution in [1.82, 2.24) is 14.9 Å². The van der Waals surface area contributed by atoms with E-state index in [9.17, 15) is 9.59 Å². The standard InChI is InChI=1S/C21H25N5O3/c1-29-14-17(27)26-11-9-21(10-12-26)8-7-15-13-22-19(24-18(15)21)25-20(28)23-16-5-3-2-4-6-16/h2-6,13H,7-12,14H2,1H3,(H2,22,23,24,25,28). The molecular weight excluding hydrogens is 370 g/mol. The van der Waals surface area contributed by atoms with E-state index in [2.05, 4.69) is 15.6 Å². The molecule has 3 amide bonds. The molecule has 152 valence electrons. The van der Waals surface area contributed by atoms with E-state index in [-0.39, 0.29) is 24.0 Å². The predicted molar refractivity (Wildman–Crippen MR) is 109 cm³/mol. The minimum atomic E-state index is -0.372. The Morgan fingerprint density at radius 2 is 1.90 bits per heavy atom. The SMILES string of the molecule is COCC(=O)N1CCC2(CCc3cnc(NC(=O)Nc4ccccc4)nc32)CC1. The molecule has 2 aromatic rings. The van der Waals surface area contributed by atoms with Crippen molar-refractivity contribution in [2.75, 3.05) is 37.4 Å². The van der Waals surface area contributed by atoms with Crippen LogP contribution in [0.25, 0.3) is 0 Å². The second kappa shape index (κ2) is 8.16. The number of anilines is 2. The van der Waals surface area contributed by atoms with Crippen LogP contribution in [-0.2, 0) is 21.4 Å². The van der Waals surface area contributed by atoms with Crippen molar-refractivity contribution >= 4 is 23.6 Å². The molecule has 0 saturated carbocycles. The maximum absolute atomic E-state index is 12.3. The van der Waals surface area contributed by atoms with E-state index in [0.29, 0.717) is 24.7 Å². The molecular formula is C21H25N5O3. The van der Waals surface area contributed by atoms with Crippen molar-refractivity contribution in [3.63, 3.8) is 0 Å². The van der Waals surface area contributed by atoms with Gasteiger partial charge in [0.2, 0.25) is 11.9 Å². The van der Waals surface area contributed by atoms with E-state index in [1.165, 1.54) is 7.11 Å². The van der Waals surface area contributed by atoms with Crippen molar-refractivity contribution < 1.29 is 14.3 Å². The number of aromatic nitrogens is 2. The summed E-state index contributed by atoms with van der Waals surface area (Å²) in [6.07, 6.45) is 5.47. The molecule has 1 spiro atoms. The zero-order valence-electron chi connectivity index (χ0n) is 16.5. The highest BCUT2D eigenvalue weighted by Crippen LogP contribution is 2.45. The first-order valence-electron chi connectivity index (χ1n) is 9.86. The number of piperidine rings is 1. The van der Waals surface area contributed by atoms with Crippen LogP contribution in [0.2, 0.25) is 0 Å². The van der Waals surface area contributed by atoms with Crippen molar-refractivity contribution in [1.29, 1.82) is 0 Å². The maximum atomic E-state index is 12.3. The number of amides is 3. The van der Waals surface area contributed by atoms with Crippen LogP contribution in [0.3, 0.4) is 0 Å². The number of nitrogens with one attached hydrogen (secondary N) is 2. The molecule has 0 unspecified atom stereocenters. The van der Waals surface area contributed by atoms with E-state index in [4.69, 9.17) is 9.72 Å². The number of likely N-dealkylation sites (tertiary alicyclic amines) is 1. The zero-order chi connectivity index (χ0) is 20.3. The third-order valence-electron chi connectivity index (χ3n) is 5.84. The van der Waals surface area contributed by atoms with Crippen LogP contribution in [0.1, 0.15) is 30.5 Å². The lowest BCUT2D eigenvalue weighted by molar-refractivity contribution is -0.136. The Bertz CT molecular complexity index is 894. The van der Waals surface area contributed by atoms with E-state index in [1.807, 2.05) is 41.4 Å². The van der Waals surface area contributed by atoms with Crippen molar-refractivity contribution in [3.05, 3.63) is 47.8 Å². The van der Waals surface area contributed by atoms with Crippen LogP contribution in [0.15, 0.2) is 36.5 Å². The summed E-state index contributed by atoms with van der Waals surface area (Å²) in [5, 5.41) is 5.51. The van der Waals surface area contributed by atoms with Gasteiger partial charge in [-0.05, 0) is 43.4 Å². The second-order valence-corrected chi connectivity index (χ2v) is 7.61. The fourth-order valence-corrected chi connectivity index (χ4v) is 4.27. The largest absolute Gasteiger partial charge is 0.375 e. The summed E-state index contributed by atoms with van der Waals surface area (Å²) in [6.45, 7) is 1.52. The molecule has 8 heteroatoms. The summed E-state index contributed by atoms with van der Waals surface area (Å²) in [4.78, 5) is 35.2. The lowest BCUT2D eigenvalue weighted by Gasteiger charge is -2.39. The van der Waals surface area contributed by atoms with E-state index in [1.54, 1.807) is 0 Å². The van der Waals surface area contributed by atoms with Gasteiger partial charge in [-0.25, -0.2) is 14.8 Å². The van der Waals surface area contributed by atoms with Gasteiger partial charge in [0.1, 0.15) is 6.61 Å². The van der Waals surface area contributed by atoms with Gasteiger partial charge in [0.05, 0.1) is 5.69 Å². The van der Waals surface area contributed by atoms with Crippen LogP contribution >= 0.6 is 0 Å². The van der Waals surface area contributed by atoms with Gasteiger partial charge in [-0.15, -0.1) is 0 Å². The molecule has 2 aliphatic rings. The van der Waals surface area contributed by atoms with Gasteiger partial charge in [0.25, 0.3) is 0 Å². The van der Waals surface area contributed by atoms with Crippen LogP contribution < -0.4 is 10.6 Å². The molecule has 2 N–H and O–H groups in total. The van der Waals surface area contributed by atoms with Gasteiger partial charge in [-0.3, -0.25) is 10.1 Å². The molecule has 2 heterocycles. The fraction of sp³-hybridized carbons (Fsp3) is 0.429. The summed E-state index contributed by atoms with van der Waals surface area (Å²) < 4.78 is 4.97. The molecule has 29 heavy (non-hydrogen) atoms. The summed E-state index contributed by atoms with van der Waals surface area (Å²) in [5.41, 5.74) is 2.81. The van der Waals surface area contributed by atoms with E-state index >= 15 is 0 Å². The Hall–Kier alpha value is -3.00. The third kappa shape index (κ3) is 4.07. The van der Waals surface area contributed by atoms with Gasteiger partial charge in [-0.1, -0.05) is 18.2 Å². The number of hydrogen-bond acceptors (Lipinski definition) is 5. The Kier molecular flexibility index (Phi) is 5.44. The lowest BCUT2D eigenvalue weighted by atomic mass is 9.76. The monoisotopic (exact) mass is 395 g/mol. The highest BCUT2D eigenvalue weighted by atomic mass is 16.5. The minimum Gasteiger partial charge on any atom is -0.375 e. The average molecular weight is 395 g/mol. The number of rotatable bonds is 4. The predicted octanol–water partition coefficient (Wildman–Crippen LogP) is 2.57. The maximum Gasteiger partial charge on any atom is 0.326 e. The number of carbonyl (C=O) groups is 2. The summed E-state index contributed by atoms with van der Waals surface area (Å²) in [7, 11) is 1.54. The Labute approximate surface area is 169 Å². The van der Waals surface area contributed by atoms with Crippen LogP contribution in [0, 0.1) is 0 Å². The lowest BCUT2D eigenvalue weighted by Crippen LogP contribution is -2.45. The molecule has 1 aliphatic heterocycles. The number of aryl methyl sites for hydroxylation is 1. The second-order valence-electron chi connectivity index (χ2n) is 7.61. The molecule has 1 fully saturated rings. The highest BCUT2D eigenvalue weighted by Gasteiger charge is 2.43. The number of nitrogens with zero attached hydrogens (tertiary/aromatic N) is 3. The van der Waals surface area contributed by atoms with Gasteiger partial charge in [0.15, 0.2) is 0 Å². The molecule has 1 aromatic heterocycles. The van der Waals surface area contributed by atoms with Gasteiger partial charge >= 0.3 is 6.03 Å². The first-order valence-corrected chi connectivity index (χ1v) is 9.86. The smallest absolute Gasteiger partial charge is 0.326 e. The minimum absolute atomic E-state index is 0.0307. The molecule has 1 aromatic carbocycles. The molecule has 0 bridgehead atoms. The highest BCUT2D eigenvalue weighted by molar-refractivity contribution is 5.98. The number of benzene rings is 1. The molecule has 0 radical (unpaired) electrons. The average Bonchev–Trinajstić information content (AvgIpc) is 3.07. The fourth-order valence-electron chi connectivity index (χ4n) is 4.27. The molecule has 8 nitrogen and oxygen atoms in total. The number of urea groups is 1. The normalized spacial score (nSPS) is 17.1. The molecule has 1 saturated heterocycles. The first kappa shape index (κ1) is 19.3. The van der Waals surface area contributed by atoms with Crippen molar-refractivity contribution in [2.24, 2.45) is 0 Å². The van der Waals surface area contributed by atoms with Gasteiger partial charge in [-0.2, -0.15) is 0 Å². The Morgan fingerprint density at radius 3 is 2.62 bits per heavy atom. The van der Waals surface area contributed by atoms with Crippen LogP contribution in [-0.4, -0.2) is 53.6 Å². The molecule has 4 rings (SSSR count). The Morgan fingerprint density at radius 1 is 1.14 bits per heavy atom. The number of methoxy groups -OCH3 is 1. The number of carbonyl (C=O) groups excluding carboxylic acids is 2. The van der Waals surface area contributed by atoms with Crippen LogP contribution in [0.4, 0.5) is 16.4 Å². The number of ether oxygens (including phenoxy) is 1.